The van der Waals surface area contributed by atoms with Crippen LogP contribution in [0.4, 0.5) is 5.69 Å². The van der Waals surface area contributed by atoms with Crippen molar-refractivity contribution in [1.29, 1.82) is 0 Å². The van der Waals surface area contributed by atoms with Gasteiger partial charge in [-0.05, 0) is 92.7 Å². The van der Waals surface area contributed by atoms with Gasteiger partial charge in [-0.15, -0.1) is 0 Å². The van der Waals surface area contributed by atoms with Crippen molar-refractivity contribution >= 4 is 68.4 Å². The number of aryl methyl sites for hydroxylation is 2. The van der Waals surface area contributed by atoms with Crippen LogP contribution in [-0.4, -0.2) is 21.5 Å². The first-order chi connectivity index (χ1) is 15.2. The van der Waals surface area contributed by atoms with Gasteiger partial charge in [0.1, 0.15) is 5.57 Å². The van der Waals surface area contributed by atoms with E-state index in [1.165, 1.54) is 4.90 Å². The number of nitrogens with one attached hydrogen (secondary N) is 1. The van der Waals surface area contributed by atoms with E-state index in [9.17, 15) is 9.59 Å². The zero-order chi connectivity index (χ0) is 23.2. The molecular weight excluding hydrogens is 510 g/mol. The summed E-state index contributed by atoms with van der Waals surface area (Å²) in [5, 5.41) is 3.15. The van der Waals surface area contributed by atoms with Crippen LogP contribution in [0.2, 0.25) is 5.02 Å². The molecule has 1 aliphatic heterocycles. The number of thiocarbonyl (C=S) groups is 1. The number of hydrogen-bond acceptors (Lipinski definition) is 3. The fourth-order valence-electron chi connectivity index (χ4n) is 3.69. The Morgan fingerprint density at radius 1 is 1.00 bits per heavy atom. The Labute approximate surface area is 204 Å². The molecule has 0 aliphatic carbocycles. The summed E-state index contributed by atoms with van der Waals surface area (Å²) in [6.45, 7) is 5.81. The molecule has 5 nitrogen and oxygen atoms in total. The number of hydrogen-bond donors (Lipinski definition) is 1. The Morgan fingerprint density at radius 3 is 2.31 bits per heavy atom. The van der Waals surface area contributed by atoms with Crippen molar-refractivity contribution in [2.45, 2.75) is 20.8 Å². The normalized spacial score (nSPS) is 15.5. The standard InChI is InChI=1S/C24H19BrClN3O2S/c1-13-4-7-19(12-21(13)26)29-23(31)20(22(30)27-24(29)32)11-16-10-14(2)28(15(16)3)18-8-5-17(25)6-9-18/h4-12H,1-3H3,(H,27,30,32)/b20-11-. The van der Waals surface area contributed by atoms with Crippen molar-refractivity contribution in [2.24, 2.45) is 0 Å². The number of nitrogens with zero attached hydrogens (tertiary/aromatic N) is 2. The van der Waals surface area contributed by atoms with Gasteiger partial charge in [-0.2, -0.15) is 0 Å². The summed E-state index contributed by atoms with van der Waals surface area (Å²) in [5.41, 5.74) is 5.05. The molecule has 0 atom stereocenters. The maximum Gasteiger partial charge on any atom is 0.270 e. The Morgan fingerprint density at radius 2 is 1.66 bits per heavy atom. The van der Waals surface area contributed by atoms with Crippen LogP contribution in [0.25, 0.3) is 11.8 Å². The van der Waals surface area contributed by atoms with Crippen LogP contribution in [0.1, 0.15) is 22.5 Å². The first-order valence-corrected chi connectivity index (χ1v) is 11.4. The Kier molecular flexibility index (Phi) is 6.07. The second-order valence-corrected chi connectivity index (χ2v) is 9.24. The molecule has 2 aromatic carbocycles. The maximum absolute atomic E-state index is 13.3. The number of carbonyl (C=O) groups excluding carboxylic acids is 2. The van der Waals surface area contributed by atoms with Crippen LogP contribution in [0.3, 0.4) is 0 Å². The van der Waals surface area contributed by atoms with Crippen LogP contribution in [-0.2, 0) is 9.59 Å². The molecule has 0 unspecified atom stereocenters. The molecule has 8 heteroatoms. The molecule has 0 spiro atoms. The van der Waals surface area contributed by atoms with Crippen molar-refractivity contribution in [3.8, 4) is 5.69 Å². The molecule has 3 aromatic rings. The van der Waals surface area contributed by atoms with E-state index in [0.29, 0.717) is 10.7 Å². The molecule has 162 valence electrons. The van der Waals surface area contributed by atoms with Gasteiger partial charge in [-0.25, -0.2) is 0 Å². The summed E-state index contributed by atoms with van der Waals surface area (Å²) >= 11 is 15.0. The third-order valence-corrected chi connectivity index (χ3v) is 6.59. The molecule has 32 heavy (non-hydrogen) atoms. The number of carbonyl (C=O) groups is 2. The fourth-order valence-corrected chi connectivity index (χ4v) is 4.41. The van der Waals surface area contributed by atoms with Gasteiger partial charge in [-0.3, -0.25) is 19.8 Å². The topological polar surface area (TPSA) is 54.3 Å². The second kappa shape index (κ2) is 8.65. The minimum Gasteiger partial charge on any atom is -0.318 e. The van der Waals surface area contributed by atoms with Crippen LogP contribution >= 0.6 is 39.7 Å². The molecule has 4 rings (SSSR count). The zero-order valence-electron chi connectivity index (χ0n) is 17.6. The van der Waals surface area contributed by atoms with Gasteiger partial charge in [0.2, 0.25) is 0 Å². The van der Waals surface area contributed by atoms with Crippen molar-refractivity contribution in [1.82, 2.24) is 9.88 Å². The molecule has 2 heterocycles. The minimum absolute atomic E-state index is 0.00588. The van der Waals surface area contributed by atoms with Gasteiger partial charge in [0.05, 0.1) is 5.69 Å². The number of benzene rings is 2. The minimum atomic E-state index is -0.525. The van der Waals surface area contributed by atoms with E-state index in [4.69, 9.17) is 23.8 Å². The number of rotatable bonds is 3. The van der Waals surface area contributed by atoms with Gasteiger partial charge >= 0.3 is 0 Å². The van der Waals surface area contributed by atoms with Gasteiger partial charge in [0.15, 0.2) is 5.11 Å². The lowest BCUT2D eigenvalue weighted by molar-refractivity contribution is -0.122. The average molecular weight is 529 g/mol. The zero-order valence-corrected chi connectivity index (χ0v) is 20.7. The van der Waals surface area contributed by atoms with Gasteiger partial charge < -0.3 is 4.57 Å². The summed E-state index contributed by atoms with van der Waals surface area (Å²) in [6, 6.07) is 15.1. The molecule has 0 saturated carbocycles. The van der Waals surface area contributed by atoms with Crippen molar-refractivity contribution in [3.05, 3.63) is 86.1 Å². The molecule has 1 saturated heterocycles. The van der Waals surface area contributed by atoms with Crippen molar-refractivity contribution in [2.75, 3.05) is 4.90 Å². The highest BCUT2D eigenvalue weighted by Gasteiger charge is 2.35. The van der Waals surface area contributed by atoms with E-state index in [1.807, 2.05) is 51.1 Å². The van der Waals surface area contributed by atoms with Gasteiger partial charge in [0, 0.05) is 26.6 Å². The molecule has 1 fully saturated rings. The smallest absolute Gasteiger partial charge is 0.270 e. The summed E-state index contributed by atoms with van der Waals surface area (Å²) in [5.74, 6) is -1.02. The summed E-state index contributed by atoms with van der Waals surface area (Å²) in [4.78, 5) is 27.3. The summed E-state index contributed by atoms with van der Waals surface area (Å²) in [6.07, 6.45) is 1.61. The largest absolute Gasteiger partial charge is 0.318 e. The van der Waals surface area contributed by atoms with E-state index >= 15 is 0 Å². The van der Waals surface area contributed by atoms with E-state index < -0.39 is 11.8 Å². The summed E-state index contributed by atoms with van der Waals surface area (Å²) in [7, 11) is 0. The first kappa shape index (κ1) is 22.5. The highest BCUT2D eigenvalue weighted by atomic mass is 79.9. The van der Waals surface area contributed by atoms with Crippen LogP contribution < -0.4 is 10.2 Å². The van der Waals surface area contributed by atoms with E-state index in [0.717, 1.165) is 32.7 Å². The molecule has 1 aliphatic rings. The lowest BCUT2D eigenvalue weighted by Crippen LogP contribution is -2.54. The van der Waals surface area contributed by atoms with E-state index in [2.05, 4.69) is 25.8 Å². The Balaban J connectivity index is 1.76. The summed E-state index contributed by atoms with van der Waals surface area (Å²) < 4.78 is 3.06. The molecule has 0 radical (unpaired) electrons. The SMILES string of the molecule is Cc1ccc(N2C(=O)/C(=C\c3cc(C)n(-c4ccc(Br)cc4)c3C)C(=O)NC2=S)cc1Cl. The quantitative estimate of drug-likeness (QED) is 0.272. The third-order valence-electron chi connectivity index (χ3n) is 5.37. The van der Waals surface area contributed by atoms with Crippen LogP contribution in [0.15, 0.2) is 58.6 Å². The lowest BCUT2D eigenvalue weighted by Gasteiger charge is -2.29. The first-order valence-electron chi connectivity index (χ1n) is 9.80. The molecular formula is C24H19BrClN3O2S. The number of anilines is 1. The Hall–Kier alpha value is -2.74. The van der Waals surface area contributed by atoms with E-state index in [-0.39, 0.29) is 10.7 Å². The number of halogens is 2. The maximum atomic E-state index is 13.3. The molecule has 1 aromatic heterocycles. The van der Waals surface area contributed by atoms with Gasteiger partial charge in [-0.1, -0.05) is 33.6 Å². The fraction of sp³-hybridized carbons (Fsp3) is 0.125. The van der Waals surface area contributed by atoms with Crippen LogP contribution in [0.5, 0.6) is 0 Å². The Bertz CT molecular complexity index is 1310. The van der Waals surface area contributed by atoms with Crippen molar-refractivity contribution < 1.29 is 9.59 Å². The average Bonchev–Trinajstić information content (AvgIpc) is 3.01. The second-order valence-electron chi connectivity index (χ2n) is 7.53. The third kappa shape index (κ3) is 4.03. The number of amides is 2. The predicted molar refractivity (Wildman–Crippen MR) is 135 cm³/mol. The highest BCUT2D eigenvalue weighted by Crippen LogP contribution is 2.28. The van der Waals surface area contributed by atoms with E-state index in [1.54, 1.807) is 24.3 Å². The molecule has 2 amide bonds. The predicted octanol–water partition coefficient (Wildman–Crippen LogP) is 5.65. The van der Waals surface area contributed by atoms with Gasteiger partial charge in [0.25, 0.3) is 11.8 Å². The lowest BCUT2D eigenvalue weighted by atomic mass is 10.1. The highest BCUT2D eigenvalue weighted by molar-refractivity contribution is 9.10. The molecule has 0 bridgehead atoms. The number of aromatic nitrogens is 1. The van der Waals surface area contributed by atoms with Crippen molar-refractivity contribution in [3.63, 3.8) is 0 Å². The monoisotopic (exact) mass is 527 g/mol. The molecule has 1 N–H and O–H groups in total. The van der Waals surface area contributed by atoms with Crippen LogP contribution in [0, 0.1) is 20.8 Å².